The lowest BCUT2D eigenvalue weighted by Crippen LogP contribution is -2.03. The van der Waals surface area contributed by atoms with E-state index in [0.29, 0.717) is 5.95 Å². The van der Waals surface area contributed by atoms with E-state index in [4.69, 9.17) is 19.4 Å². The third kappa shape index (κ3) is 5.12. The van der Waals surface area contributed by atoms with E-state index >= 15 is 0 Å². The van der Waals surface area contributed by atoms with E-state index in [-0.39, 0.29) is 0 Å². The largest absolute Gasteiger partial charge is 0.456 e. The topological polar surface area (TPSA) is 61.7 Å². The molecule has 5 aromatic heterocycles. The zero-order valence-electron chi connectivity index (χ0n) is 32.7. The minimum Gasteiger partial charge on any atom is -0.456 e. The molecule has 8 aromatic carbocycles. The van der Waals surface area contributed by atoms with Crippen molar-refractivity contribution in [3.63, 3.8) is 0 Å². The second-order valence-electron chi connectivity index (χ2n) is 15.6. The van der Waals surface area contributed by atoms with Crippen LogP contribution >= 0.6 is 0 Å². The monoisotopic (exact) mass is 779 g/mol. The van der Waals surface area contributed by atoms with Gasteiger partial charge in [0.05, 0.1) is 39.0 Å². The van der Waals surface area contributed by atoms with Crippen molar-refractivity contribution in [3.05, 3.63) is 200 Å². The third-order valence-corrected chi connectivity index (χ3v) is 12.1. The molecule has 61 heavy (non-hydrogen) atoms. The van der Waals surface area contributed by atoms with Gasteiger partial charge >= 0.3 is 0 Å². The van der Waals surface area contributed by atoms with Crippen LogP contribution in [0.3, 0.4) is 0 Å². The summed E-state index contributed by atoms with van der Waals surface area (Å²) in [4.78, 5) is 16.2. The lowest BCUT2D eigenvalue weighted by atomic mass is 10.0. The summed E-state index contributed by atoms with van der Waals surface area (Å²) in [5, 5.41) is 7.69. The minimum absolute atomic E-state index is 0.599. The molecular formula is C55H33N5O. The second-order valence-corrected chi connectivity index (χ2v) is 15.6. The van der Waals surface area contributed by atoms with Crippen molar-refractivity contribution in [1.29, 1.82) is 0 Å². The van der Waals surface area contributed by atoms with Crippen LogP contribution in [0, 0.1) is 0 Å². The van der Waals surface area contributed by atoms with Gasteiger partial charge in [0.2, 0.25) is 5.95 Å². The zero-order valence-corrected chi connectivity index (χ0v) is 32.7. The molecule has 0 aliphatic rings. The number of hydrogen-bond donors (Lipinski definition) is 0. The van der Waals surface area contributed by atoms with E-state index in [0.717, 1.165) is 116 Å². The number of fused-ring (bicyclic) bond motifs is 11. The molecule has 0 unspecified atom stereocenters. The first-order chi connectivity index (χ1) is 30.2. The SMILES string of the molecule is c1ccc(-c2cc(-c3ccccc3)nc(-n3c4ccccc4c4ccc5c(c6ccccc6n5-c5nc(-c6ccc7c(c6)oc6ccccc67)c6ccccc6n5)c43)c2)cc1. The average molecular weight is 780 g/mol. The number of hydrogen-bond acceptors (Lipinski definition) is 4. The van der Waals surface area contributed by atoms with Gasteiger partial charge in [0.15, 0.2) is 0 Å². The standard InChI is InChI=1S/C55H33N5O/c1-3-15-34(16-4-1)37-31-45(35-17-5-2-6-18-35)56-51(33-37)60-46-24-12-8-19-38(46)41-29-30-48-52(54(41)60)43-22-9-13-25-47(43)59(48)55-57-44-23-11-7-21-42(44)53(58-55)36-27-28-40-39-20-10-14-26-49(39)61-50(40)32-36/h1-33H. The lowest BCUT2D eigenvalue weighted by molar-refractivity contribution is 0.669. The van der Waals surface area contributed by atoms with Gasteiger partial charge in [-0.2, -0.15) is 0 Å². The maximum atomic E-state index is 6.37. The molecule has 0 amide bonds. The van der Waals surface area contributed by atoms with Crippen molar-refractivity contribution in [1.82, 2.24) is 24.1 Å². The van der Waals surface area contributed by atoms with Gasteiger partial charge in [-0.25, -0.2) is 15.0 Å². The first kappa shape index (κ1) is 33.6. The fourth-order valence-electron chi connectivity index (χ4n) is 9.40. The fourth-order valence-corrected chi connectivity index (χ4v) is 9.40. The molecule has 5 heterocycles. The predicted molar refractivity (Wildman–Crippen MR) is 250 cm³/mol. The molecule has 0 fully saturated rings. The zero-order chi connectivity index (χ0) is 40.0. The van der Waals surface area contributed by atoms with Gasteiger partial charge in [-0.15, -0.1) is 0 Å². The van der Waals surface area contributed by atoms with Crippen LogP contribution in [0.4, 0.5) is 0 Å². The lowest BCUT2D eigenvalue weighted by Gasteiger charge is -2.14. The Morgan fingerprint density at radius 3 is 1.82 bits per heavy atom. The number of aromatic nitrogens is 5. The van der Waals surface area contributed by atoms with Crippen molar-refractivity contribution in [2.75, 3.05) is 0 Å². The molecule has 0 atom stereocenters. The van der Waals surface area contributed by atoms with Gasteiger partial charge in [0, 0.05) is 48.8 Å². The van der Waals surface area contributed by atoms with Crippen molar-refractivity contribution >= 4 is 76.5 Å². The van der Waals surface area contributed by atoms with E-state index in [1.54, 1.807) is 0 Å². The Hall–Kier alpha value is -8.35. The van der Waals surface area contributed by atoms with Crippen molar-refractivity contribution < 1.29 is 4.42 Å². The van der Waals surface area contributed by atoms with E-state index in [2.05, 4.69) is 185 Å². The molecule has 13 rings (SSSR count). The van der Waals surface area contributed by atoms with Crippen LogP contribution in [0.5, 0.6) is 0 Å². The Morgan fingerprint density at radius 1 is 0.361 bits per heavy atom. The fraction of sp³-hybridized carbons (Fsp3) is 0. The highest BCUT2D eigenvalue weighted by atomic mass is 16.3. The summed E-state index contributed by atoms with van der Waals surface area (Å²) in [6, 6.07) is 70.1. The van der Waals surface area contributed by atoms with Crippen molar-refractivity contribution in [2.24, 2.45) is 0 Å². The molecule has 0 radical (unpaired) electrons. The highest BCUT2D eigenvalue weighted by molar-refractivity contribution is 6.26. The number of benzene rings is 8. The van der Waals surface area contributed by atoms with Crippen molar-refractivity contribution in [2.45, 2.75) is 0 Å². The number of rotatable bonds is 5. The average Bonchev–Trinajstić information content (AvgIpc) is 3.99. The van der Waals surface area contributed by atoms with Gasteiger partial charge in [-0.3, -0.25) is 9.13 Å². The molecule has 0 saturated heterocycles. The van der Waals surface area contributed by atoms with Crippen LogP contribution in [-0.2, 0) is 0 Å². The smallest absolute Gasteiger partial charge is 0.235 e. The summed E-state index contributed by atoms with van der Waals surface area (Å²) in [7, 11) is 0. The number of pyridine rings is 1. The van der Waals surface area contributed by atoms with Crippen molar-refractivity contribution in [3.8, 4) is 45.4 Å². The van der Waals surface area contributed by atoms with Crippen LogP contribution in [0.1, 0.15) is 0 Å². The molecular weight excluding hydrogens is 747 g/mol. The van der Waals surface area contributed by atoms with Gasteiger partial charge in [0.1, 0.15) is 17.0 Å². The highest BCUT2D eigenvalue weighted by Gasteiger charge is 2.24. The highest BCUT2D eigenvalue weighted by Crippen LogP contribution is 2.43. The molecule has 13 aromatic rings. The quantitative estimate of drug-likeness (QED) is 0.175. The Labute approximate surface area is 349 Å². The molecule has 0 N–H and O–H groups in total. The predicted octanol–water partition coefficient (Wildman–Crippen LogP) is 14.1. The normalized spacial score (nSPS) is 11.9. The van der Waals surface area contributed by atoms with Crippen LogP contribution in [0.15, 0.2) is 205 Å². The molecule has 0 spiro atoms. The molecule has 284 valence electrons. The number of nitrogens with zero attached hydrogens (tertiary/aromatic N) is 5. The summed E-state index contributed by atoms with van der Waals surface area (Å²) in [5.74, 6) is 1.45. The maximum absolute atomic E-state index is 6.37. The summed E-state index contributed by atoms with van der Waals surface area (Å²) in [5.41, 5.74) is 12.8. The molecule has 6 heteroatoms. The second kappa shape index (κ2) is 13.1. The molecule has 0 aliphatic heterocycles. The maximum Gasteiger partial charge on any atom is 0.235 e. The Bertz CT molecular complexity index is 3820. The van der Waals surface area contributed by atoms with Gasteiger partial charge < -0.3 is 4.42 Å². The Morgan fingerprint density at radius 2 is 1.00 bits per heavy atom. The molecule has 0 bridgehead atoms. The number of para-hydroxylation sites is 4. The Balaban J connectivity index is 1.11. The first-order valence-corrected chi connectivity index (χ1v) is 20.5. The van der Waals surface area contributed by atoms with Gasteiger partial charge in [0.25, 0.3) is 0 Å². The molecule has 0 aliphatic carbocycles. The minimum atomic E-state index is 0.599. The van der Waals surface area contributed by atoms with Gasteiger partial charge in [-0.1, -0.05) is 146 Å². The number of furan rings is 1. The first-order valence-electron chi connectivity index (χ1n) is 20.5. The van der Waals surface area contributed by atoms with E-state index in [1.165, 1.54) is 0 Å². The third-order valence-electron chi connectivity index (χ3n) is 12.1. The van der Waals surface area contributed by atoms with Gasteiger partial charge in [-0.05, 0) is 65.7 Å². The summed E-state index contributed by atoms with van der Waals surface area (Å²) < 4.78 is 11.0. The van der Waals surface area contributed by atoms with Crippen LogP contribution in [-0.4, -0.2) is 24.1 Å². The van der Waals surface area contributed by atoms with Crippen LogP contribution in [0.25, 0.3) is 122 Å². The molecule has 6 nitrogen and oxygen atoms in total. The molecule has 0 saturated carbocycles. The van der Waals surface area contributed by atoms with Crippen LogP contribution < -0.4 is 0 Å². The van der Waals surface area contributed by atoms with E-state index in [9.17, 15) is 0 Å². The van der Waals surface area contributed by atoms with Crippen LogP contribution in [0.2, 0.25) is 0 Å². The van der Waals surface area contributed by atoms with E-state index in [1.807, 2.05) is 24.3 Å². The summed E-state index contributed by atoms with van der Waals surface area (Å²) in [6.45, 7) is 0. The Kier molecular flexibility index (Phi) is 7.21. The summed E-state index contributed by atoms with van der Waals surface area (Å²) >= 11 is 0. The van der Waals surface area contributed by atoms with E-state index < -0.39 is 0 Å². The summed E-state index contributed by atoms with van der Waals surface area (Å²) in [6.07, 6.45) is 0.